The van der Waals surface area contributed by atoms with Crippen molar-refractivity contribution in [3.8, 4) is 5.75 Å². The molecule has 16 heavy (non-hydrogen) atoms. The quantitative estimate of drug-likeness (QED) is 0.614. The molecule has 0 fully saturated rings. The van der Waals surface area contributed by atoms with E-state index in [-0.39, 0.29) is 0 Å². The first-order valence-corrected chi connectivity index (χ1v) is 6.40. The summed E-state index contributed by atoms with van der Waals surface area (Å²) in [6.07, 6.45) is 3.76. The summed E-state index contributed by atoms with van der Waals surface area (Å²) in [5.74, 6) is 0.829. The molecule has 1 aromatic rings. The molecule has 0 saturated heterocycles. The third-order valence-electron chi connectivity index (χ3n) is 2.02. The zero-order chi connectivity index (χ0) is 11.8. The predicted octanol–water partition coefficient (Wildman–Crippen LogP) is 3.06. The summed E-state index contributed by atoms with van der Waals surface area (Å²) in [5.41, 5.74) is 0.880. The molecule has 0 saturated carbocycles. The highest BCUT2D eigenvalue weighted by Gasteiger charge is 1.93. The zero-order valence-electron chi connectivity index (χ0n) is 9.26. The maximum Gasteiger partial charge on any atom is 0.178 e. The van der Waals surface area contributed by atoms with Gasteiger partial charge in [0.2, 0.25) is 0 Å². The number of rotatable bonds is 6. The van der Waals surface area contributed by atoms with Crippen LogP contribution in [0.3, 0.4) is 0 Å². The van der Waals surface area contributed by atoms with E-state index in [1.807, 2.05) is 24.3 Å². The first-order chi connectivity index (χ1) is 7.72. The van der Waals surface area contributed by atoms with Crippen LogP contribution in [-0.2, 0) is 11.1 Å². The Kier molecular flexibility index (Phi) is 5.82. The molecule has 0 heterocycles. The maximum absolute atomic E-state index is 10.4. The van der Waals surface area contributed by atoms with Crippen LogP contribution in [0.1, 0.15) is 25.3 Å². The van der Waals surface area contributed by atoms with E-state index in [1.165, 1.54) is 5.41 Å². The van der Waals surface area contributed by atoms with Crippen LogP contribution in [0.4, 0.5) is 0 Å². The van der Waals surface area contributed by atoms with Gasteiger partial charge in [-0.2, -0.15) is 0 Å². The molecular weight excluding hydrogens is 224 g/mol. The number of hydrogen-bond acceptors (Lipinski definition) is 2. The van der Waals surface area contributed by atoms with Gasteiger partial charge in [-0.1, -0.05) is 25.5 Å². The smallest absolute Gasteiger partial charge is 0.178 e. The van der Waals surface area contributed by atoms with Crippen LogP contribution in [0.15, 0.2) is 29.7 Å². The van der Waals surface area contributed by atoms with Gasteiger partial charge >= 0.3 is 0 Å². The van der Waals surface area contributed by atoms with Crippen LogP contribution in [0.2, 0.25) is 0 Å². The average molecular weight is 240 g/mol. The molecule has 0 spiro atoms. The lowest BCUT2D eigenvalue weighted by molar-refractivity contribution is 0.309. The third kappa shape index (κ3) is 5.09. The molecule has 0 bridgehead atoms. The minimum atomic E-state index is -1.89. The molecule has 0 aliphatic heterocycles. The molecule has 0 aliphatic rings. The van der Waals surface area contributed by atoms with Crippen LogP contribution in [0.25, 0.3) is 6.08 Å². The minimum Gasteiger partial charge on any atom is -0.494 e. The second-order valence-electron chi connectivity index (χ2n) is 3.35. The van der Waals surface area contributed by atoms with E-state index < -0.39 is 11.1 Å². The van der Waals surface area contributed by atoms with Crippen molar-refractivity contribution in [2.45, 2.75) is 19.8 Å². The predicted molar refractivity (Wildman–Crippen MR) is 66.7 cm³/mol. The second-order valence-corrected chi connectivity index (χ2v) is 4.17. The molecule has 3 nitrogen and oxygen atoms in total. The highest BCUT2D eigenvalue weighted by atomic mass is 32.2. The number of hydrogen-bond donors (Lipinski definition) is 1. The van der Waals surface area contributed by atoms with Crippen LogP contribution in [-0.4, -0.2) is 15.4 Å². The Morgan fingerprint density at radius 3 is 2.62 bits per heavy atom. The van der Waals surface area contributed by atoms with Crippen molar-refractivity contribution in [3.05, 3.63) is 35.2 Å². The van der Waals surface area contributed by atoms with Gasteiger partial charge in [-0.15, -0.1) is 0 Å². The van der Waals surface area contributed by atoms with Crippen LogP contribution in [0, 0.1) is 0 Å². The van der Waals surface area contributed by atoms with E-state index in [4.69, 9.17) is 9.29 Å². The molecule has 1 atom stereocenters. The summed E-state index contributed by atoms with van der Waals surface area (Å²) in [6, 6.07) is 7.42. The largest absolute Gasteiger partial charge is 0.494 e. The van der Waals surface area contributed by atoms with Crippen molar-refractivity contribution in [1.29, 1.82) is 0 Å². The molecule has 0 aliphatic carbocycles. The summed E-state index contributed by atoms with van der Waals surface area (Å²) in [4.78, 5) is 0. The van der Waals surface area contributed by atoms with E-state index in [9.17, 15) is 4.21 Å². The van der Waals surface area contributed by atoms with Gasteiger partial charge in [0.25, 0.3) is 0 Å². The Morgan fingerprint density at radius 2 is 2.06 bits per heavy atom. The van der Waals surface area contributed by atoms with Gasteiger partial charge < -0.3 is 9.29 Å². The Bertz CT molecular complexity index is 357. The number of unbranched alkanes of at least 4 members (excludes halogenated alkanes) is 1. The zero-order valence-corrected chi connectivity index (χ0v) is 10.1. The molecule has 1 unspecified atom stereocenters. The number of benzene rings is 1. The number of ether oxygens (including phenoxy) is 1. The maximum atomic E-state index is 10.4. The van der Waals surface area contributed by atoms with Crippen molar-refractivity contribution in [1.82, 2.24) is 0 Å². The molecule has 0 amide bonds. The van der Waals surface area contributed by atoms with Crippen LogP contribution in [0.5, 0.6) is 5.75 Å². The fraction of sp³-hybridized carbons (Fsp3) is 0.333. The molecule has 1 aromatic carbocycles. The van der Waals surface area contributed by atoms with Crippen molar-refractivity contribution in [3.63, 3.8) is 0 Å². The van der Waals surface area contributed by atoms with E-state index in [1.54, 1.807) is 6.08 Å². The van der Waals surface area contributed by atoms with Crippen LogP contribution < -0.4 is 4.74 Å². The summed E-state index contributed by atoms with van der Waals surface area (Å²) >= 11 is -1.89. The average Bonchev–Trinajstić information content (AvgIpc) is 2.28. The molecule has 88 valence electrons. The second kappa shape index (κ2) is 7.19. The molecule has 4 heteroatoms. The van der Waals surface area contributed by atoms with Gasteiger partial charge in [-0.25, -0.2) is 4.21 Å². The van der Waals surface area contributed by atoms with E-state index in [2.05, 4.69) is 6.92 Å². The standard InChI is InChI=1S/C12H16O3S/c1-2-3-9-15-12-6-4-11(5-7-12)8-10-16(13)14/h4-8,10H,2-3,9H2,1H3,(H,13,14)/b10-8+. The van der Waals surface area contributed by atoms with Crippen molar-refractivity contribution in [2.24, 2.45) is 0 Å². The van der Waals surface area contributed by atoms with Crippen molar-refractivity contribution >= 4 is 17.2 Å². The van der Waals surface area contributed by atoms with Crippen molar-refractivity contribution < 1.29 is 13.5 Å². The van der Waals surface area contributed by atoms with Gasteiger partial charge in [-0.05, 0) is 30.2 Å². The van der Waals surface area contributed by atoms with E-state index >= 15 is 0 Å². The summed E-state index contributed by atoms with van der Waals surface area (Å²) < 4.78 is 24.5. The molecule has 0 radical (unpaired) electrons. The Labute approximate surface area is 98.4 Å². The first kappa shape index (κ1) is 12.9. The Morgan fingerprint density at radius 1 is 1.38 bits per heavy atom. The van der Waals surface area contributed by atoms with E-state index in [0.29, 0.717) is 0 Å². The van der Waals surface area contributed by atoms with Gasteiger partial charge in [0, 0.05) is 5.41 Å². The topological polar surface area (TPSA) is 46.5 Å². The summed E-state index contributed by atoms with van der Waals surface area (Å²) in [7, 11) is 0. The minimum absolute atomic E-state index is 0.729. The highest BCUT2D eigenvalue weighted by Crippen LogP contribution is 2.13. The summed E-state index contributed by atoms with van der Waals surface area (Å²) in [5, 5.41) is 1.23. The van der Waals surface area contributed by atoms with Gasteiger partial charge in [-0.3, -0.25) is 0 Å². The molecule has 1 N–H and O–H groups in total. The fourth-order valence-electron chi connectivity index (χ4n) is 1.15. The lowest BCUT2D eigenvalue weighted by Gasteiger charge is -2.04. The monoisotopic (exact) mass is 240 g/mol. The van der Waals surface area contributed by atoms with Gasteiger partial charge in [0.15, 0.2) is 11.1 Å². The third-order valence-corrected chi connectivity index (χ3v) is 2.39. The highest BCUT2D eigenvalue weighted by molar-refractivity contribution is 7.82. The Hall–Kier alpha value is -1.13. The summed E-state index contributed by atoms with van der Waals surface area (Å²) in [6.45, 7) is 2.85. The van der Waals surface area contributed by atoms with Crippen molar-refractivity contribution in [2.75, 3.05) is 6.61 Å². The molecule has 0 aromatic heterocycles. The fourth-order valence-corrected chi connectivity index (χ4v) is 1.42. The van der Waals surface area contributed by atoms with Gasteiger partial charge in [0.1, 0.15) is 5.75 Å². The SMILES string of the molecule is CCCCOc1ccc(/C=C/S(=O)O)cc1. The van der Waals surface area contributed by atoms with E-state index in [0.717, 1.165) is 30.8 Å². The lowest BCUT2D eigenvalue weighted by Crippen LogP contribution is -1.95. The first-order valence-electron chi connectivity index (χ1n) is 5.23. The van der Waals surface area contributed by atoms with Gasteiger partial charge in [0.05, 0.1) is 6.61 Å². The normalized spacial score (nSPS) is 12.9. The lowest BCUT2D eigenvalue weighted by atomic mass is 10.2. The molecule has 1 rings (SSSR count). The molecular formula is C12H16O3S. The Balaban J connectivity index is 2.51. The van der Waals surface area contributed by atoms with Crippen LogP contribution >= 0.6 is 0 Å².